The first-order valence-electron chi connectivity index (χ1n) is 9.46. The summed E-state index contributed by atoms with van der Waals surface area (Å²) in [5.41, 5.74) is 0.0751. The number of nitrogens with zero attached hydrogens (tertiary/aromatic N) is 3. The molecule has 3 fully saturated rings. The first-order chi connectivity index (χ1) is 12.4. The molecule has 5 nitrogen and oxygen atoms in total. The molecule has 26 heavy (non-hydrogen) atoms. The maximum absolute atomic E-state index is 14.1. The summed E-state index contributed by atoms with van der Waals surface area (Å²) in [6.45, 7) is 5.74. The largest absolute Gasteiger partial charge is 0.337 e. The van der Waals surface area contributed by atoms with Crippen molar-refractivity contribution in [1.29, 1.82) is 0 Å². The van der Waals surface area contributed by atoms with Crippen LogP contribution in [0.4, 0.5) is 13.6 Å². The highest BCUT2D eigenvalue weighted by Crippen LogP contribution is 2.71. The normalized spacial score (nSPS) is 30.7. The van der Waals surface area contributed by atoms with Gasteiger partial charge in [0.25, 0.3) is 5.92 Å². The molecular weight excluding hydrogens is 358 g/mol. The summed E-state index contributed by atoms with van der Waals surface area (Å²) in [5.74, 6) is -3.12. The minimum absolute atomic E-state index is 0.113. The summed E-state index contributed by atoms with van der Waals surface area (Å²) in [7, 11) is 0. The van der Waals surface area contributed by atoms with Crippen molar-refractivity contribution in [1.82, 2.24) is 20.1 Å². The quantitative estimate of drug-likeness (QED) is 0.868. The van der Waals surface area contributed by atoms with Crippen LogP contribution < -0.4 is 5.32 Å². The molecule has 2 saturated carbocycles. The Morgan fingerprint density at radius 1 is 1.35 bits per heavy atom. The number of amides is 2. The number of carbonyl (C=O) groups is 1. The van der Waals surface area contributed by atoms with Crippen molar-refractivity contribution in [2.24, 2.45) is 11.3 Å². The highest BCUT2D eigenvalue weighted by molar-refractivity contribution is 7.09. The maximum Gasteiger partial charge on any atom is 0.317 e. The zero-order valence-electron chi connectivity index (χ0n) is 15.1. The molecular formula is C18H26F2N4OS. The topological polar surface area (TPSA) is 48.5 Å². The zero-order valence-corrected chi connectivity index (χ0v) is 16.0. The van der Waals surface area contributed by atoms with Crippen LogP contribution >= 0.6 is 11.3 Å². The van der Waals surface area contributed by atoms with Gasteiger partial charge in [0.1, 0.15) is 5.01 Å². The van der Waals surface area contributed by atoms with E-state index in [2.05, 4.69) is 15.2 Å². The SMILES string of the molecule is Cc1csc(CN2CCN(C(=O)NCC34CCCCC3C4(F)F)CC2)n1. The monoisotopic (exact) mass is 384 g/mol. The van der Waals surface area contributed by atoms with Crippen LogP contribution in [-0.4, -0.2) is 59.5 Å². The predicted octanol–water partition coefficient (Wildman–Crippen LogP) is 3.10. The average molecular weight is 384 g/mol. The van der Waals surface area contributed by atoms with Crippen LogP contribution in [0.25, 0.3) is 0 Å². The van der Waals surface area contributed by atoms with E-state index >= 15 is 0 Å². The van der Waals surface area contributed by atoms with Gasteiger partial charge in [-0.1, -0.05) is 12.8 Å². The molecule has 2 aliphatic carbocycles. The Labute approximate surface area is 156 Å². The highest BCUT2D eigenvalue weighted by atomic mass is 32.1. The second-order valence-electron chi connectivity index (χ2n) is 7.88. The number of carbonyl (C=O) groups excluding carboxylic acids is 1. The van der Waals surface area contributed by atoms with Crippen molar-refractivity contribution >= 4 is 17.4 Å². The number of alkyl halides is 2. The van der Waals surface area contributed by atoms with E-state index in [-0.39, 0.29) is 12.6 Å². The highest BCUT2D eigenvalue weighted by Gasteiger charge is 2.79. The third-order valence-electron chi connectivity index (χ3n) is 6.29. The van der Waals surface area contributed by atoms with Crippen LogP contribution in [0.15, 0.2) is 5.38 Å². The van der Waals surface area contributed by atoms with Gasteiger partial charge in [0.05, 0.1) is 12.0 Å². The number of rotatable bonds is 4. The fourth-order valence-electron chi connectivity index (χ4n) is 4.63. The van der Waals surface area contributed by atoms with Gasteiger partial charge in [0.15, 0.2) is 0 Å². The van der Waals surface area contributed by atoms with E-state index in [0.717, 1.165) is 43.2 Å². The number of aromatic nitrogens is 1. The second kappa shape index (κ2) is 6.71. The van der Waals surface area contributed by atoms with Gasteiger partial charge < -0.3 is 10.2 Å². The molecule has 1 aromatic rings. The number of piperazine rings is 1. The average Bonchev–Trinajstić information content (AvgIpc) is 2.88. The molecule has 0 aromatic carbocycles. The molecule has 2 amide bonds. The molecule has 0 radical (unpaired) electrons. The van der Waals surface area contributed by atoms with E-state index < -0.39 is 17.3 Å². The van der Waals surface area contributed by atoms with Crippen LogP contribution in [0, 0.1) is 18.3 Å². The van der Waals surface area contributed by atoms with Crippen LogP contribution in [0.1, 0.15) is 36.4 Å². The second-order valence-corrected chi connectivity index (χ2v) is 8.82. The standard InChI is InChI=1S/C18H26F2N4OS/c1-13-11-26-15(22-13)10-23-6-8-24(9-7-23)16(25)21-12-17-5-3-2-4-14(17)18(17,19)20/h11,14H,2-10,12H2,1H3,(H,21,25). The van der Waals surface area contributed by atoms with Gasteiger partial charge in [0, 0.05) is 49.7 Å². The van der Waals surface area contributed by atoms with E-state index in [4.69, 9.17) is 0 Å². The summed E-state index contributed by atoms with van der Waals surface area (Å²) in [6.07, 6.45) is 2.86. The number of aryl methyl sites for hydroxylation is 1. The number of hydrogen-bond acceptors (Lipinski definition) is 4. The Balaban J connectivity index is 1.24. The van der Waals surface area contributed by atoms with Crippen molar-refractivity contribution in [3.63, 3.8) is 0 Å². The molecule has 1 aromatic heterocycles. The van der Waals surface area contributed by atoms with Gasteiger partial charge in [-0.3, -0.25) is 4.90 Å². The van der Waals surface area contributed by atoms with Gasteiger partial charge in [-0.05, 0) is 19.8 Å². The molecule has 3 aliphatic rings. The molecule has 1 saturated heterocycles. The number of nitrogens with one attached hydrogen (secondary N) is 1. The van der Waals surface area contributed by atoms with E-state index in [0.29, 0.717) is 25.9 Å². The number of fused-ring (bicyclic) bond motifs is 1. The van der Waals surface area contributed by atoms with Crippen molar-refractivity contribution < 1.29 is 13.6 Å². The zero-order chi connectivity index (χ0) is 18.4. The molecule has 1 aliphatic heterocycles. The Kier molecular flexibility index (Phi) is 4.67. The fraction of sp³-hybridized carbons (Fsp3) is 0.778. The first-order valence-corrected chi connectivity index (χ1v) is 10.3. The molecule has 0 spiro atoms. The minimum Gasteiger partial charge on any atom is -0.337 e. The summed E-state index contributed by atoms with van der Waals surface area (Å²) < 4.78 is 28.3. The Bertz CT molecular complexity index is 674. The van der Waals surface area contributed by atoms with Gasteiger partial charge in [-0.2, -0.15) is 0 Å². The third kappa shape index (κ3) is 3.11. The van der Waals surface area contributed by atoms with Crippen LogP contribution in [0.3, 0.4) is 0 Å². The lowest BCUT2D eigenvalue weighted by molar-refractivity contribution is 0.0562. The summed E-state index contributed by atoms with van der Waals surface area (Å²) in [5, 5.41) is 5.95. The smallest absolute Gasteiger partial charge is 0.317 e. The van der Waals surface area contributed by atoms with E-state index in [9.17, 15) is 13.6 Å². The first kappa shape index (κ1) is 18.1. The molecule has 2 atom stereocenters. The van der Waals surface area contributed by atoms with Crippen LogP contribution in [-0.2, 0) is 6.54 Å². The predicted molar refractivity (Wildman–Crippen MR) is 96.4 cm³/mol. The molecule has 1 N–H and O–H groups in total. The molecule has 2 unspecified atom stereocenters. The van der Waals surface area contributed by atoms with E-state index in [1.165, 1.54) is 0 Å². The Morgan fingerprint density at radius 2 is 2.12 bits per heavy atom. The van der Waals surface area contributed by atoms with Crippen molar-refractivity contribution in [2.75, 3.05) is 32.7 Å². The lowest BCUT2D eigenvalue weighted by Crippen LogP contribution is -2.52. The Hall–Kier alpha value is -1.28. The van der Waals surface area contributed by atoms with Crippen molar-refractivity contribution in [2.45, 2.75) is 45.1 Å². The maximum atomic E-state index is 14.1. The molecule has 8 heteroatoms. The molecule has 144 valence electrons. The number of halogens is 2. The van der Waals surface area contributed by atoms with Crippen molar-refractivity contribution in [3.8, 4) is 0 Å². The van der Waals surface area contributed by atoms with Crippen LogP contribution in [0.2, 0.25) is 0 Å². The Morgan fingerprint density at radius 3 is 2.77 bits per heavy atom. The van der Waals surface area contributed by atoms with Gasteiger partial charge >= 0.3 is 6.03 Å². The molecule has 0 bridgehead atoms. The van der Waals surface area contributed by atoms with Gasteiger partial charge in [-0.25, -0.2) is 18.6 Å². The third-order valence-corrected chi connectivity index (χ3v) is 7.24. The lowest BCUT2D eigenvalue weighted by Gasteiger charge is -2.34. The van der Waals surface area contributed by atoms with Crippen molar-refractivity contribution in [3.05, 3.63) is 16.1 Å². The van der Waals surface area contributed by atoms with Gasteiger partial charge in [0.2, 0.25) is 0 Å². The summed E-state index contributed by atoms with van der Waals surface area (Å²) >= 11 is 1.66. The summed E-state index contributed by atoms with van der Waals surface area (Å²) in [6, 6.07) is -0.198. The lowest BCUT2D eigenvalue weighted by atomic mass is 9.88. The number of thiazole rings is 1. The fourth-order valence-corrected chi connectivity index (χ4v) is 5.44. The minimum atomic E-state index is -2.60. The number of hydrogen-bond donors (Lipinski definition) is 1. The molecule has 4 rings (SSSR count). The van der Waals surface area contributed by atoms with Crippen LogP contribution in [0.5, 0.6) is 0 Å². The van der Waals surface area contributed by atoms with E-state index in [1.54, 1.807) is 16.2 Å². The van der Waals surface area contributed by atoms with E-state index in [1.807, 2.05) is 12.3 Å². The number of urea groups is 1. The summed E-state index contributed by atoms with van der Waals surface area (Å²) in [4.78, 5) is 20.9. The van der Waals surface area contributed by atoms with Gasteiger partial charge in [-0.15, -0.1) is 11.3 Å². The molecule has 2 heterocycles.